The van der Waals surface area contributed by atoms with Crippen molar-refractivity contribution in [1.82, 2.24) is 0 Å². The summed E-state index contributed by atoms with van der Waals surface area (Å²) in [6.07, 6.45) is 3.88. The van der Waals surface area contributed by atoms with Gasteiger partial charge in [0.2, 0.25) is 0 Å². The van der Waals surface area contributed by atoms with E-state index in [1.807, 2.05) is 0 Å². The van der Waals surface area contributed by atoms with Crippen LogP contribution in [0.4, 0.5) is 0 Å². The first-order valence-electron chi connectivity index (χ1n) is 3.85. The molecule has 0 N–H and O–H groups in total. The minimum absolute atomic E-state index is 0.523. The first-order chi connectivity index (χ1) is 4.27. The number of hydrogen-bond acceptors (Lipinski definition) is 1. The van der Waals surface area contributed by atoms with Gasteiger partial charge in [0.15, 0.2) is 0 Å². The predicted octanol–water partition coefficient (Wildman–Crippen LogP) is 2.21. The molecule has 1 rings (SSSR count). The van der Waals surface area contributed by atoms with Gasteiger partial charge in [-0.05, 0) is 18.3 Å². The van der Waals surface area contributed by atoms with Crippen molar-refractivity contribution in [1.29, 1.82) is 0 Å². The van der Waals surface area contributed by atoms with E-state index >= 15 is 0 Å². The van der Waals surface area contributed by atoms with Crippen molar-refractivity contribution in [3.63, 3.8) is 0 Å². The van der Waals surface area contributed by atoms with Crippen LogP contribution in [0.3, 0.4) is 0 Å². The van der Waals surface area contributed by atoms with E-state index in [9.17, 15) is 0 Å². The average Bonchev–Trinajstić information content (AvgIpc) is 2.16. The van der Waals surface area contributed by atoms with Crippen molar-refractivity contribution in [3.8, 4) is 0 Å². The van der Waals surface area contributed by atoms with Gasteiger partial charge in [0.05, 0.1) is 6.61 Å². The fourth-order valence-electron chi connectivity index (χ4n) is 1.51. The van der Waals surface area contributed by atoms with Gasteiger partial charge in [-0.1, -0.05) is 20.3 Å². The molecule has 0 aliphatic carbocycles. The maximum absolute atomic E-state index is 5.31. The van der Waals surface area contributed by atoms with Gasteiger partial charge in [0, 0.05) is 6.61 Å². The molecule has 1 fully saturated rings. The summed E-state index contributed by atoms with van der Waals surface area (Å²) >= 11 is 0. The molecule has 0 spiro atoms. The smallest absolute Gasteiger partial charge is 0.0520 e. The lowest BCUT2D eigenvalue weighted by Gasteiger charge is -2.19. The van der Waals surface area contributed by atoms with Crippen LogP contribution in [0.25, 0.3) is 0 Å². The molecule has 1 saturated heterocycles. The Balaban J connectivity index is 2.32. The van der Waals surface area contributed by atoms with Crippen molar-refractivity contribution in [2.45, 2.75) is 33.1 Å². The summed E-state index contributed by atoms with van der Waals surface area (Å²) in [7, 11) is 0. The second-order valence-electron chi connectivity index (χ2n) is 3.36. The van der Waals surface area contributed by atoms with Crippen LogP contribution in [0, 0.1) is 5.41 Å². The molecular formula is C8H16O. The van der Waals surface area contributed by atoms with Crippen molar-refractivity contribution in [2.24, 2.45) is 5.41 Å². The van der Waals surface area contributed by atoms with Crippen LogP contribution in [0.1, 0.15) is 33.1 Å². The zero-order valence-electron chi connectivity index (χ0n) is 6.44. The Hall–Kier alpha value is -0.0400. The first kappa shape index (κ1) is 7.07. The Morgan fingerprint density at radius 3 is 2.78 bits per heavy atom. The third-order valence-corrected chi connectivity index (χ3v) is 2.15. The largest absolute Gasteiger partial charge is 0.381 e. The van der Waals surface area contributed by atoms with Crippen LogP contribution in [0.5, 0.6) is 0 Å². The molecule has 1 atom stereocenters. The lowest BCUT2D eigenvalue weighted by molar-refractivity contribution is 0.154. The Labute approximate surface area is 57.4 Å². The number of ether oxygens (including phenoxy) is 1. The van der Waals surface area contributed by atoms with Crippen molar-refractivity contribution >= 4 is 0 Å². The van der Waals surface area contributed by atoms with E-state index in [0.717, 1.165) is 13.2 Å². The molecule has 0 unspecified atom stereocenters. The Morgan fingerprint density at radius 1 is 1.56 bits per heavy atom. The van der Waals surface area contributed by atoms with Crippen LogP contribution < -0.4 is 0 Å². The number of rotatable bonds is 2. The molecule has 54 valence electrons. The molecule has 0 saturated carbocycles. The van der Waals surface area contributed by atoms with E-state index in [1.54, 1.807) is 0 Å². The van der Waals surface area contributed by atoms with E-state index in [1.165, 1.54) is 19.3 Å². The van der Waals surface area contributed by atoms with Gasteiger partial charge in [-0.15, -0.1) is 0 Å². The molecule has 1 heteroatoms. The average molecular weight is 128 g/mol. The van der Waals surface area contributed by atoms with Gasteiger partial charge in [-0.25, -0.2) is 0 Å². The molecule has 1 nitrogen and oxygen atoms in total. The lowest BCUT2D eigenvalue weighted by Crippen LogP contribution is -2.14. The molecule has 0 bridgehead atoms. The molecule has 0 aromatic heterocycles. The van der Waals surface area contributed by atoms with Crippen molar-refractivity contribution in [2.75, 3.05) is 13.2 Å². The van der Waals surface area contributed by atoms with E-state index in [2.05, 4.69) is 13.8 Å². The molecule has 0 aromatic carbocycles. The highest BCUT2D eigenvalue weighted by Gasteiger charge is 2.27. The van der Waals surface area contributed by atoms with Gasteiger partial charge in [0.25, 0.3) is 0 Å². The van der Waals surface area contributed by atoms with Gasteiger partial charge >= 0.3 is 0 Å². The van der Waals surface area contributed by atoms with E-state index in [4.69, 9.17) is 4.74 Å². The number of hydrogen-bond donors (Lipinski definition) is 0. The Kier molecular flexibility index (Phi) is 2.12. The normalized spacial score (nSPS) is 35.3. The van der Waals surface area contributed by atoms with Crippen LogP contribution in [0.2, 0.25) is 0 Å². The first-order valence-corrected chi connectivity index (χ1v) is 3.85. The fraction of sp³-hybridized carbons (Fsp3) is 1.00. The highest BCUT2D eigenvalue weighted by atomic mass is 16.5. The second-order valence-corrected chi connectivity index (χ2v) is 3.36. The molecule has 1 heterocycles. The van der Waals surface area contributed by atoms with E-state index in [-0.39, 0.29) is 0 Å². The Morgan fingerprint density at radius 2 is 2.33 bits per heavy atom. The lowest BCUT2D eigenvalue weighted by atomic mass is 9.85. The SMILES string of the molecule is CCC[C@]1(C)CCOC1. The summed E-state index contributed by atoms with van der Waals surface area (Å²) in [5.41, 5.74) is 0.523. The van der Waals surface area contributed by atoms with Gasteiger partial charge < -0.3 is 4.74 Å². The monoisotopic (exact) mass is 128 g/mol. The third kappa shape index (κ3) is 1.68. The summed E-state index contributed by atoms with van der Waals surface area (Å²) in [6, 6.07) is 0. The minimum atomic E-state index is 0.523. The van der Waals surface area contributed by atoms with Crippen LogP contribution >= 0.6 is 0 Å². The van der Waals surface area contributed by atoms with E-state index < -0.39 is 0 Å². The van der Waals surface area contributed by atoms with Crippen molar-refractivity contribution < 1.29 is 4.74 Å². The summed E-state index contributed by atoms with van der Waals surface area (Å²) in [4.78, 5) is 0. The Bertz CT molecular complexity index is 82.6. The summed E-state index contributed by atoms with van der Waals surface area (Å²) in [5.74, 6) is 0. The molecule has 1 aliphatic heterocycles. The minimum Gasteiger partial charge on any atom is -0.381 e. The van der Waals surface area contributed by atoms with Gasteiger partial charge in [-0.3, -0.25) is 0 Å². The second kappa shape index (κ2) is 2.70. The van der Waals surface area contributed by atoms with Crippen molar-refractivity contribution in [3.05, 3.63) is 0 Å². The topological polar surface area (TPSA) is 9.23 Å². The molecule has 9 heavy (non-hydrogen) atoms. The maximum Gasteiger partial charge on any atom is 0.0520 e. The summed E-state index contributed by atoms with van der Waals surface area (Å²) in [5, 5.41) is 0. The predicted molar refractivity (Wildman–Crippen MR) is 38.5 cm³/mol. The maximum atomic E-state index is 5.31. The van der Waals surface area contributed by atoms with Crippen LogP contribution in [0.15, 0.2) is 0 Å². The van der Waals surface area contributed by atoms with Gasteiger partial charge in [-0.2, -0.15) is 0 Å². The molecule has 0 aromatic rings. The standard InChI is InChI=1S/C8H16O/c1-3-4-8(2)5-6-9-7-8/h3-7H2,1-2H3/t8-/m1/s1. The quantitative estimate of drug-likeness (QED) is 0.554. The fourth-order valence-corrected chi connectivity index (χ4v) is 1.51. The highest BCUT2D eigenvalue weighted by molar-refractivity contribution is 4.77. The molecular weight excluding hydrogens is 112 g/mol. The molecule has 0 radical (unpaired) electrons. The zero-order chi connectivity index (χ0) is 6.74. The summed E-state index contributed by atoms with van der Waals surface area (Å²) in [6.45, 7) is 6.53. The van der Waals surface area contributed by atoms with Crippen LogP contribution in [-0.2, 0) is 4.74 Å². The zero-order valence-corrected chi connectivity index (χ0v) is 6.44. The third-order valence-electron chi connectivity index (χ3n) is 2.15. The molecule has 0 amide bonds. The van der Waals surface area contributed by atoms with E-state index in [0.29, 0.717) is 5.41 Å². The molecule has 1 aliphatic rings. The van der Waals surface area contributed by atoms with Gasteiger partial charge in [0.1, 0.15) is 0 Å². The summed E-state index contributed by atoms with van der Waals surface area (Å²) < 4.78 is 5.31. The highest BCUT2D eigenvalue weighted by Crippen LogP contribution is 2.32. The van der Waals surface area contributed by atoms with Crippen LogP contribution in [-0.4, -0.2) is 13.2 Å².